The highest BCUT2D eigenvalue weighted by Crippen LogP contribution is 2.29. The summed E-state index contributed by atoms with van der Waals surface area (Å²) in [5, 5.41) is 6.54. The Hall–Kier alpha value is -2.74. The second kappa shape index (κ2) is 8.32. The first-order chi connectivity index (χ1) is 14.0. The highest BCUT2D eigenvalue weighted by Gasteiger charge is 2.21. The number of aryl methyl sites for hydroxylation is 1. The van der Waals surface area contributed by atoms with Crippen LogP contribution in [0.15, 0.2) is 72.9 Å². The van der Waals surface area contributed by atoms with Crippen LogP contribution in [0.2, 0.25) is 0 Å². The average Bonchev–Trinajstić information content (AvgIpc) is 3.06. The summed E-state index contributed by atoms with van der Waals surface area (Å²) in [6.45, 7) is 0.499. The normalized spacial score (nSPS) is 12.2. The van der Waals surface area contributed by atoms with Gasteiger partial charge in [0, 0.05) is 24.4 Å². The van der Waals surface area contributed by atoms with Crippen LogP contribution < -0.4 is 9.88 Å². The molecule has 148 valence electrons. The van der Waals surface area contributed by atoms with Gasteiger partial charge < -0.3 is 5.32 Å². The summed E-state index contributed by atoms with van der Waals surface area (Å²) in [4.78, 5) is 0. The molecule has 0 atom stereocenters. The van der Waals surface area contributed by atoms with Gasteiger partial charge in [-0.1, -0.05) is 53.8 Å². The molecular weight excluding hydrogens is 404 g/mol. The number of nitrogens with zero attached hydrogens (tertiary/aromatic N) is 1. The van der Waals surface area contributed by atoms with Crippen LogP contribution in [0.5, 0.6) is 0 Å². The molecule has 1 heterocycles. The molecule has 0 radical (unpaired) electrons. The number of hydrogen-bond donors (Lipinski definition) is 2. The minimum absolute atomic E-state index is 0.256. The third-order valence-corrected chi connectivity index (χ3v) is 6.57. The summed E-state index contributed by atoms with van der Waals surface area (Å²) in [7, 11) is -3.98. The lowest BCUT2D eigenvalue weighted by Crippen LogP contribution is -2.36. The predicted molar refractivity (Wildman–Crippen MR) is 120 cm³/mol. The molecule has 1 aromatic heterocycles. The van der Waals surface area contributed by atoms with E-state index >= 15 is 0 Å². The van der Waals surface area contributed by atoms with Crippen LogP contribution >= 0.6 is 11.3 Å². The number of anilines is 1. The van der Waals surface area contributed by atoms with E-state index in [1.165, 1.54) is 0 Å². The topological polar surface area (TPSA) is 70.3 Å². The molecule has 0 spiro atoms. The van der Waals surface area contributed by atoms with Crippen molar-refractivity contribution in [3.05, 3.63) is 77.9 Å². The largest absolute Gasteiger partial charge is 0.361 e. The molecule has 0 unspecified atom stereocenters. The fraction of sp³-hybridized carbons (Fsp3) is 0.136. The van der Waals surface area contributed by atoms with Crippen molar-refractivity contribution in [2.45, 2.75) is 13.0 Å². The van der Waals surface area contributed by atoms with Gasteiger partial charge in [-0.3, -0.25) is 4.55 Å². The van der Waals surface area contributed by atoms with Gasteiger partial charge in [-0.2, -0.15) is 13.0 Å². The molecule has 0 amide bonds. The van der Waals surface area contributed by atoms with E-state index < -0.39 is 10.1 Å². The Morgan fingerprint density at radius 3 is 2.55 bits per heavy atom. The molecule has 2 N–H and O–H groups in total. The van der Waals surface area contributed by atoms with Crippen LogP contribution in [-0.2, 0) is 16.7 Å². The lowest BCUT2D eigenvalue weighted by Gasteiger charge is -2.01. The summed E-state index contributed by atoms with van der Waals surface area (Å²) in [5.41, 5.74) is 2.08. The van der Waals surface area contributed by atoms with Crippen LogP contribution in [0.3, 0.4) is 0 Å². The Morgan fingerprint density at radius 1 is 1.00 bits per heavy atom. The first-order valence-electron chi connectivity index (χ1n) is 9.29. The Morgan fingerprint density at radius 2 is 1.76 bits per heavy atom. The molecule has 29 heavy (non-hydrogen) atoms. The zero-order valence-electron chi connectivity index (χ0n) is 15.7. The van der Waals surface area contributed by atoms with E-state index in [-0.39, 0.29) is 5.75 Å². The molecule has 5 nitrogen and oxygen atoms in total. The first kappa shape index (κ1) is 19.6. The van der Waals surface area contributed by atoms with E-state index in [9.17, 15) is 8.42 Å². The molecule has 4 aromatic rings. The summed E-state index contributed by atoms with van der Waals surface area (Å²) >= 11 is 1.66. The van der Waals surface area contributed by atoms with Gasteiger partial charge in [0.2, 0.25) is 5.52 Å². The van der Waals surface area contributed by atoms with Crippen LogP contribution in [0.4, 0.5) is 5.69 Å². The fourth-order valence-electron chi connectivity index (χ4n) is 3.37. The van der Waals surface area contributed by atoms with Crippen molar-refractivity contribution >= 4 is 54.2 Å². The van der Waals surface area contributed by atoms with Gasteiger partial charge in [0.15, 0.2) is 6.54 Å². The molecule has 0 bridgehead atoms. The first-order valence-corrected chi connectivity index (χ1v) is 11.7. The van der Waals surface area contributed by atoms with E-state index in [2.05, 4.69) is 34.1 Å². The van der Waals surface area contributed by atoms with Crippen molar-refractivity contribution in [3.8, 4) is 0 Å². The van der Waals surface area contributed by atoms with E-state index in [0.717, 1.165) is 31.7 Å². The highest BCUT2D eigenvalue weighted by atomic mass is 32.2. The number of thiazole rings is 1. The number of rotatable bonds is 7. The van der Waals surface area contributed by atoms with Gasteiger partial charge in [-0.15, -0.1) is 0 Å². The van der Waals surface area contributed by atoms with Crippen LogP contribution in [-0.4, -0.2) is 18.7 Å². The Kier molecular flexibility index (Phi) is 5.62. The molecular formula is C22H21N2O3S2+. The van der Waals surface area contributed by atoms with E-state index in [1.54, 1.807) is 11.3 Å². The Balaban J connectivity index is 1.73. The quantitative estimate of drug-likeness (QED) is 0.333. The zero-order valence-corrected chi connectivity index (χ0v) is 17.3. The lowest BCUT2D eigenvalue weighted by molar-refractivity contribution is -0.667. The molecule has 0 fully saturated rings. The van der Waals surface area contributed by atoms with Crippen molar-refractivity contribution in [1.29, 1.82) is 0 Å². The van der Waals surface area contributed by atoms with Gasteiger partial charge in [0.25, 0.3) is 15.1 Å². The smallest absolute Gasteiger partial charge is 0.265 e. The van der Waals surface area contributed by atoms with E-state index in [0.29, 0.717) is 13.0 Å². The van der Waals surface area contributed by atoms with Crippen LogP contribution in [0.25, 0.3) is 27.1 Å². The van der Waals surface area contributed by atoms with Crippen molar-refractivity contribution in [1.82, 2.24) is 0 Å². The number of benzene rings is 3. The standard InChI is InChI=1S/C22H20N2O3S2/c25-29(26,27)16-6-15-24-21(13-14-23-18-8-2-1-3-9-18)28-20-12-11-17-7-4-5-10-19(17)22(20)24/h1-5,7-14H,6,15-16H2,(H,25,26,27)/p+1. The number of nitrogens with one attached hydrogen (secondary N) is 1. The maximum Gasteiger partial charge on any atom is 0.265 e. The van der Waals surface area contributed by atoms with Gasteiger partial charge in [-0.05, 0) is 29.7 Å². The highest BCUT2D eigenvalue weighted by molar-refractivity contribution is 7.85. The van der Waals surface area contributed by atoms with E-state index in [1.807, 2.05) is 54.7 Å². The number of aromatic nitrogens is 1. The molecule has 4 rings (SSSR count). The van der Waals surface area contributed by atoms with Crippen LogP contribution in [0, 0.1) is 0 Å². The van der Waals surface area contributed by atoms with Gasteiger partial charge in [-0.25, -0.2) is 0 Å². The molecule has 0 saturated heterocycles. The summed E-state index contributed by atoms with van der Waals surface area (Å²) in [6, 6.07) is 22.3. The summed E-state index contributed by atoms with van der Waals surface area (Å²) in [5.74, 6) is -0.256. The maximum absolute atomic E-state index is 11.2. The second-order valence-corrected chi connectivity index (χ2v) is 9.34. The fourth-order valence-corrected chi connectivity index (χ4v) is 4.97. The van der Waals surface area contributed by atoms with Crippen LogP contribution in [0.1, 0.15) is 11.4 Å². The van der Waals surface area contributed by atoms with Crippen molar-refractivity contribution in [2.24, 2.45) is 0 Å². The van der Waals surface area contributed by atoms with Crippen molar-refractivity contribution in [2.75, 3.05) is 11.1 Å². The van der Waals surface area contributed by atoms with Gasteiger partial charge in [0.1, 0.15) is 4.70 Å². The third kappa shape index (κ3) is 4.64. The SMILES string of the molecule is O=S(=O)(O)CCC[n+]1c(/C=C/Nc2ccccc2)sc2ccc3ccccc3c21. The number of para-hydroxylation sites is 1. The summed E-state index contributed by atoms with van der Waals surface area (Å²) < 4.78 is 34.7. The molecule has 0 saturated carbocycles. The monoisotopic (exact) mass is 425 g/mol. The Bertz CT molecular complexity index is 1280. The Labute approximate surface area is 173 Å². The van der Waals surface area contributed by atoms with Crippen molar-refractivity contribution in [3.63, 3.8) is 0 Å². The average molecular weight is 426 g/mol. The molecule has 0 aliphatic carbocycles. The number of hydrogen-bond acceptors (Lipinski definition) is 4. The molecule has 0 aliphatic rings. The van der Waals surface area contributed by atoms with E-state index in [4.69, 9.17) is 4.55 Å². The lowest BCUT2D eigenvalue weighted by atomic mass is 10.1. The second-order valence-electron chi connectivity index (χ2n) is 6.71. The molecule has 7 heteroatoms. The zero-order chi connectivity index (χ0) is 20.3. The molecule has 3 aromatic carbocycles. The van der Waals surface area contributed by atoms with Gasteiger partial charge in [0.05, 0.1) is 11.1 Å². The summed E-state index contributed by atoms with van der Waals surface area (Å²) in [6.07, 6.45) is 4.23. The predicted octanol–water partition coefficient (Wildman–Crippen LogP) is 4.70. The minimum Gasteiger partial charge on any atom is -0.361 e. The van der Waals surface area contributed by atoms with Gasteiger partial charge >= 0.3 is 0 Å². The number of fused-ring (bicyclic) bond motifs is 3. The third-order valence-electron chi connectivity index (χ3n) is 4.65. The molecule has 0 aliphatic heterocycles. The van der Waals surface area contributed by atoms with Crippen molar-refractivity contribution < 1.29 is 17.5 Å². The maximum atomic E-state index is 11.2. The minimum atomic E-state index is -3.98.